The molecule has 0 radical (unpaired) electrons. The molecule has 2 amide bonds. The largest absolute Gasteiger partial charge is 0.493 e. The topological polar surface area (TPSA) is 44.8 Å². The Morgan fingerprint density at radius 2 is 2.35 bits per heavy atom. The Bertz CT molecular complexity index is 518. The second kappa shape index (κ2) is 5.23. The van der Waals surface area contributed by atoms with Crippen LogP contribution in [-0.2, 0) is 6.42 Å². The van der Waals surface area contributed by atoms with E-state index in [0.29, 0.717) is 0 Å². The van der Waals surface area contributed by atoms with E-state index in [-0.39, 0.29) is 12.1 Å². The molecule has 0 saturated carbocycles. The minimum absolute atomic E-state index is 0.0153. The van der Waals surface area contributed by atoms with E-state index in [1.165, 1.54) is 11.3 Å². The maximum atomic E-state index is 11.7. The molecule has 2 heterocycles. The second-order valence-corrected chi connectivity index (χ2v) is 5.41. The molecule has 0 spiro atoms. The van der Waals surface area contributed by atoms with Crippen molar-refractivity contribution < 1.29 is 9.53 Å². The highest BCUT2D eigenvalue weighted by Gasteiger charge is 2.30. The van der Waals surface area contributed by atoms with Crippen molar-refractivity contribution in [1.82, 2.24) is 10.2 Å². The first-order chi connectivity index (χ1) is 9.70. The maximum Gasteiger partial charge on any atom is 0.317 e. The molecule has 3 rings (SSSR count). The molecular weight excluding hydrogens is 254 g/mol. The van der Waals surface area contributed by atoms with Gasteiger partial charge in [0, 0.05) is 44.9 Å². The summed E-state index contributed by atoms with van der Waals surface area (Å²) in [7, 11) is 3.54. The number of nitrogens with one attached hydrogen (secondary N) is 1. The van der Waals surface area contributed by atoms with Crippen molar-refractivity contribution in [3.05, 3.63) is 23.8 Å². The van der Waals surface area contributed by atoms with Gasteiger partial charge in [0.15, 0.2) is 0 Å². The van der Waals surface area contributed by atoms with E-state index in [2.05, 4.69) is 22.3 Å². The average Bonchev–Trinajstić information content (AvgIpc) is 3.13. The molecule has 1 saturated heterocycles. The van der Waals surface area contributed by atoms with E-state index in [1.54, 1.807) is 11.9 Å². The van der Waals surface area contributed by atoms with Crippen molar-refractivity contribution in [2.24, 2.45) is 0 Å². The number of nitrogens with zero attached hydrogens (tertiary/aromatic N) is 2. The third-order valence-corrected chi connectivity index (χ3v) is 4.30. The van der Waals surface area contributed by atoms with E-state index in [0.717, 1.165) is 38.3 Å². The van der Waals surface area contributed by atoms with Crippen molar-refractivity contribution in [3.8, 4) is 5.75 Å². The minimum atomic E-state index is -0.0153. The standard InChI is InChI=1S/C15H21N3O2/c1-16-15(19)17(2)11-6-8-18(10-11)13-4-3-5-14-12(13)7-9-20-14/h3-5,11H,6-10H2,1-2H3,(H,16,19)/t11-/m1/s1. The number of fused-ring (bicyclic) bond motifs is 1. The number of hydrogen-bond acceptors (Lipinski definition) is 3. The number of hydrogen-bond donors (Lipinski definition) is 1. The summed E-state index contributed by atoms with van der Waals surface area (Å²) in [6.07, 6.45) is 1.99. The number of benzene rings is 1. The summed E-state index contributed by atoms with van der Waals surface area (Å²) in [6, 6.07) is 6.51. The van der Waals surface area contributed by atoms with E-state index in [9.17, 15) is 4.79 Å². The Balaban J connectivity index is 1.75. The Hall–Kier alpha value is -1.91. The fraction of sp³-hybridized carbons (Fsp3) is 0.533. The Morgan fingerprint density at radius 1 is 1.50 bits per heavy atom. The first-order valence-corrected chi connectivity index (χ1v) is 7.15. The Labute approximate surface area is 119 Å². The highest BCUT2D eigenvalue weighted by atomic mass is 16.5. The lowest BCUT2D eigenvalue weighted by Crippen LogP contribution is -2.43. The lowest BCUT2D eigenvalue weighted by molar-refractivity contribution is 0.196. The second-order valence-electron chi connectivity index (χ2n) is 5.41. The SMILES string of the molecule is CNC(=O)N(C)[C@@H]1CCN(c2cccc3c2CCO3)C1. The van der Waals surface area contributed by atoms with Gasteiger partial charge in [-0.1, -0.05) is 6.07 Å². The fourth-order valence-corrected chi connectivity index (χ4v) is 3.12. The van der Waals surface area contributed by atoms with Crippen molar-refractivity contribution in [3.63, 3.8) is 0 Å². The number of likely N-dealkylation sites (N-methyl/N-ethyl adjacent to an activating group) is 1. The molecule has 1 atom stereocenters. The fourth-order valence-electron chi connectivity index (χ4n) is 3.12. The van der Waals surface area contributed by atoms with E-state index in [1.807, 2.05) is 13.1 Å². The molecule has 20 heavy (non-hydrogen) atoms. The zero-order chi connectivity index (χ0) is 14.1. The molecule has 0 aliphatic carbocycles. The summed E-state index contributed by atoms with van der Waals surface area (Å²) in [6.45, 7) is 2.66. The first-order valence-electron chi connectivity index (χ1n) is 7.15. The highest BCUT2D eigenvalue weighted by molar-refractivity contribution is 5.74. The molecule has 1 aromatic rings. The van der Waals surface area contributed by atoms with E-state index < -0.39 is 0 Å². The first kappa shape index (κ1) is 13.1. The van der Waals surface area contributed by atoms with Gasteiger partial charge >= 0.3 is 6.03 Å². The zero-order valence-corrected chi connectivity index (χ0v) is 12.1. The lowest BCUT2D eigenvalue weighted by atomic mass is 10.1. The van der Waals surface area contributed by atoms with Gasteiger partial charge in [0.25, 0.3) is 0 Å². The van der Waals surface area contributed by atoms with Crippen LogP contribution in [0.4, 0.5) is 10.5 Å². The predicted octanol–water partition coefficient (Wildman–Crippen LogP) is 1.47. The summed E-state index contributed by atoms with van der Waals surface area (Å²) in [5, 5.41) is 2.69. The molecule has 5 nitrogen and oxygen atoms in total. The van der Waals surface area contributed by atoms with Gasteiger partial charge in [0.1, 0.15) is 5.75 Å². The van der Waals surface area contributed by atoms with Crippen LogP contribution in [0.25, 0.3) is 0 Å². The van der Waals surface area contributed by atoms with Crippen LogP contribution in [0, 0.1) is 0 Å². The van der Waals surface area contributed by atoms with Crippen LogP contribution in [0.2, 0.25) is 0 Å². The Kier molecular flexibility index (Phi) is 3.42. The average molecular weight is 275 g/mol. The molecule has 1 N–H and O–H groups in total. The monoisotopic (exact) mass is 275 g/mol. The number of ether oxygens (including phenoxy) is 1. The Morgan fingerprint density at radius 3 is 3.15 bits per heavy atom. The van der Waals surface area contributed by atoms with Crippen LogP contribution in [0.3, 0.4) is 0 Å². The van der Waals surface area contributed by atoms with E-state index in [4.69, 9.17) is 4.74 Å². The van der Waals surface area contributed by atoms with Crippen LogP contribution in [0.1, 0.15) is 12.0 Å². The normalized spacial score (nSPS) is 20.5. The summed E-state index contributed by atoms with van der Waals surface area (Å²) in [5.41, 5.74) is 2.59. The molecule has 2 aliphatic heterocycles. The number of carbonyl (C=O) groups is 1. The van der Waals surface area contributed by atoms with Gasteiger partial charge in [-0.2, -0.15) is 0 Å². The molecule has 0 bridgehead atoms. The molecule has 108 valence electrons. The van der Waals surface area contributed by atoms with Crippen LogP contribution < -0.4 is 15.0 Å². The number of rotatable bonds is 2. The quantitative estimate of drug-likeness (QED) is 0.889. The summed E-state index contributed by atoms with van der Waals surface area (Å²) in [4.78, 5) is 15.9. The molecule has 1 fully saturated rings. The van der Waals surface area contributed by atoms with Gasteiger partial charge in [-0.05, 0) is 18.6 Å². The molecule has 0 aromatic heterocycles. The van der Waals surface area contributed by atoms with Gasteiger partial charge in [-0.25, -0.2) is 4.79 Å². The summed E-state index contributed by atoms with van der Waals surface area (Å²) in [5.74, 6) is 1.02. The third kappa shape index (κ3) is 2.17. The summed E-state index contributed by atoms with van der Waals surface area (Å²) >= 11 is 0. The molecule has 0 unspecified atom stereocenters. The smallest absolute Gasteiger partial charge is 0.317 e. The number of amides is 2. The molecule has 1 aromatic carbocycles. The van der Waals surface area contributed by atoms with Gasteiger partial charge in [-0.15, -0.1) is 0 Å². The van der Waals surface area contributed by atoms with Gasteiger partial charge in [-0.3, -0.25) is 0 Å². The molecular formula is C15H21N3O2. The maximum absolute atomic E-state index is 11.7. The molecule has 5 heteroatoms. The number of anilines is 1. The summed E-state index contributed by atoms with van der Waals surface area (Å²) < 4.78 is 5.63. The van der Waals surface area contributed by atoms with Gasteiger partial charge < -0.3 is 19.9 Å². The van der Waals surface area contributed by atoms with E-state index >= 15 is 0 Å². The van der Waals surface area contributed by atoms with Crippen LogP contribution >= 0.6 is 0 Å². The van der Waals surface area contributed by atoms with Crippen LogP contribution in [-0.4, -0.2) is 50.8 Å². The van der Waals surface area contributed by atoms with Crippen molar-refractivity contribution in [1.29, 1.82) is 0 Å². The minimum Gasteiger partial charge on any atom is -0.493 e. The van der Waals surface area contributed by atoms with Gasteiger partial charge in [0.05, 0.1) is 12.6 Å². The number of urea groups is 1. The van der Waals surface area contributed by atoms with Gasteiger partial charge in [0.2, 0.25) is 0 Å². The predicted molar refractivity (Wildman–Crippen MR) is 78.5 cm³/mol. The van der Waals surface area contributed by atoms with Crippen molar-refractivity contribution in [2.75, 3.05) is 38.7 Å². The van der Waals surface area contributed by atoms with Crippen molar-refractivity contribution >= 4 is 11.7 Å². The zero-order valence-electron chi connectivity index (χ0n) is 12.1. The number of carbonyl (C=O) groups excluding carboxylic acids is 1. The lowest BCUT2D eigenvalue weighted by Gasteiger charge is -2.25. The molecule has 2 aliphatic rings. The highest BCUT2D eigenvalue weighted by Crippen LogP contribution is 2.35. The van der Waals surface area contributed by atoms with Crippen LogP contribution in [0.15, 0.2) is 18.2 Å². The van der Waals surface area contributed by atoms with Crippen molar-refractivity contribution in [2.45, 2.75) is 18.9 Å². The third-order valence-electron chi connectivity index (χ3n) is 4.30. The van der Waals surface area contributed by atoms with Crippen LogP contribution in [0.5, 0.6) is 5.75 Å².